The fourth-order valence-corrected chi connectivity index (χ4v) is 2.46. The van der Waals surface area contributed by atoms with Gasteiger partial charge in [0.05, 0.1) is 5.52 Å². The molecule has 0 bridgehead atoms. The molecule has 1 aromatic heterocycles. The van der Waals surface area contributed by atoms with Crippen molar-refractivity contribution in [3.05, 3.63) is 48.5 Å². The quantitative estimate of drug-likeness (QED) is 0.389. The number of nitrogen functional groups attached to an aromatic ring is 1. The van der Waals surface area contributed by atoms with E-state index in [1.807, 2.05) is 36.4 Å². The third kappa shape index (κ3) is 2.91. The van der Waals surface area contributed by atoms with Gasteiger partial charge in [0, 0.05) is 16.0 Å². The fourth-order valence-electron chi connectivity index (χ4n) is 2.05. The highest BCUT2D eigenvalue weighted by Crippen LogP contribution is 2.26. The lowest BCUT2D eigenvalue weighted by Crippen LogP contribution is -2.11. The number of hydrogen-bond acceptors (Lipinski definition) is 6. The Balaban J connectivity index is 2.01. The van der Waals surface area contributed by atoms with Crippen molar-refractivity contribution < 1.29 is 0 Å². The number of rotatable bonds is 4. The molecule has 0 radical (unpaired) electrons. The Kier molecular flexibility index (Phi) is 3.89. The zero-order chi connectivity index (χ0) is 14.7. The maximum atomic E-state index is 5.44. The number of para-hydroxylation sites is 1. The lowest BCUT2D eigenvalue weighted by atomic mass is 10.2. The summed E-state index contributed by atoms with van der Waals surface area (Å²) in [5.41, 5.74) is 4.31. The standard InChI is InChI=1S/C15H15N5S/c1-21-11-8-6-10(7-9-11)17-14-12-4-2-3-5-13(12)18-15(19-14)20-16/h2-9H,16H2,1H3,(H2,17,18,19,20). The smallest absolute Gasteiger partial charge is 0.239 e. The number of thioether (sulfide) groups is 1. The number of nitrogens with one attached hydrogen (secondary N) is 2. The van der Waals surface area contributed by atoms with Crippen LogP contribution in [0.15, 0.2) is 53.4 Å². The van der Waals surface area contributed by atoms with Gasteiger partial charge in [-0.3, -0.25) is 5.43 Å². The third-order valence-electron chi connectivity index (χ3n) is 3.09. The van der Waals surface area contributed by atoms with Gasteiger partial charge >= 0.3 is 0 Å². The summed E-state index contributed by atoms with van der Waals surface area (Å²) in [6.45, 7) is 0. The molecule has 21 heavy (non-hydrogen) atoms. The summed E-state index contributed by atoms with van der Waals surface area (Å²) < 4.78 is 0. The first-order chi connectivity index (χ1) is 10.3. The van der Waals surface area contributed by atoms with Crippen LogP contribution >= 0.6 is 11.8 Å². The third-order valence-corrected chi connectivity index (χ3v) is 3.83. The van der Waals surface area contributed by atoms with Crippen molar-refractivity contribution >= 4 is 40.1 Å². The molecular formula is C15H15N5S. The largest absolute Gasteiger partial charge is 0.340 e. The Hall–Kier alpha value is -2.31. The molecule has 1 heterocycles. The van der Waals surface area contributed by atoms with Gasteiger partial charge < -0.3 is 5.32 Å². The molecule has 0 fully saturated rings. The molecule has 3 rings (SSSR count). The molecule has 5 nitrogen and oxygen atoms in total. The Morgan fingerprint density at radius 1 is 1.00 bits per heavy atom. The summed E-state index contributed by atoms with van der Waals surface area (Å²) in [6, 6.07) is 16.0. The van der Waals surface area contributed by atoms with E-state index in [0.29, 0.717) is 5.95 Å². The second kappa shape index (κ2) is 5.99. The molecule has 0 aliphatic carbocycles. The molecular weight excluding hydrogens is 282 g/mol. The van der Waals surface area contributed by atoms with Gasteiger partial charge in [-0.15, -0.1) is 11.8 Å². The van der Waals surface area contributed by atoms with Gasteiger partial charge in [0.25, 0.3) is 0 Å². The molecule has 6 heteroatoms. The minimum Gasteiger partial charge on any atom is -0.340 e. The lowest BCUT2D eigenvalue weighted by molar-refractivity contribution is 1.15. The zero-order valence-electron chi connectivity index (χ0n) is 11.5. The van der Waals surface area contributed by atoms with Crippen LogP contribution in [-0.2, 0) is 0 Å². The highest BCUT2D eigenvalue weighted by Gasteiger charge is 2.07. The molecule has 0 saturated carbocycles. The molecule has 0 spiro atoms. The topological polar surface area (TPSA) is 75.9 Å². The lowest BCUT2D eigenvalue weighted by Gasteiger charge is -2.10. The fraction of sp³-hybridized carbons (Fsp3) is 0.0667. The van der Waals surface area contributed by atoms with E-state index in [2.05, 4.69) is 39.1 Å². The van der Waals surface area contributed by atoms with Gasteiger partial charge in [0.2, 0.25) is 5.95 Å². The number of aromatic nitrogens is 2. The van der Waals surface area contributed by atoms with Crippen LogP contribution in [0.3, 0.4) is 0 Å². The summed E-state index contributed by atoms with van der Waals surface area (Å²) in [7, 11) is 0. The minimum atomic E-state index is 0.386. The molecule has 0 aliphatic rings. The van der Waals surface area contributed by atoms with Gasteiger partial charge in [-0.2, -0.15) is 4.98 Å². The van der Waals surface area contributed by atoms with E-state index in [-0.39, 0.29) is 0 Å². The first kappa shape index (κ1) is 13.7. The average Bonchev–Trinajstić information content (AvgIpc) is 2.55. The van der Waals surface area contributed by atoms with Gasteiger partial charge in [0.15, 0.2) is 0 Å². The molecule has 0 amide bonds. The van der Waals surface area contributed by atoms with Crippen molar-refractivity contribution in [3.63, 3.8) is 0 Å². The number of benzene rings is 2. The van der Waals surface area contributed by atoms with Crippen LogP contribution in [0.25, 0.3) is 10.9 Å². The predicted octanol–water partition coefficient (Wildman–Crippen LogP) is 3.38. The molecule has 3 aromatic rings. The van der Waals surface area contributed by atoms with Crippen LogP contribution in [0.2, 0.25) is 0 Å². The summed E-state index contributed by atoms with van der Waals surface area (Å²) in [6.07, 6.45) is 2.06. The SMILES string of the molecule is CSc1ccc(Nc2nc(NN)nc3ccccc23)cc1. The summed E-state index contributed by atoms with van der Waals surface area (Å²) in [5, 5.41) is 4.27. The van der Waals surface area contributed by atoms with E-state index in [1.165, 1.54) is 4.90 Å². The number of fused-ring (bicyclic) bond motifs is 1. The summed E-state index contributed by atoms with van der Waals surface area (Å²) in [5.74, 6) is 6.55. The van der Waals surface area contributed by atoms with Crippen molar-refractivity contribution in [3.8, 4) is 0 Å². The highest BCUT2D eigenvalue weighted by molar-refractivity contribution is 7.98. The normalized spacial score (nSPS) is 10.6. The van der Waals surface area contributed by atoms with Gasteiger partial charge in [-0.1, -0.05) is 12.1 Å². The number of hydrazine groups is 1. The molecule has 106 valence electrons. The Bertz CT molecular complexity index is 758. The minimum absolute atomic E-state index is 0.386. The predicted molar refractivity (Wildman–Crippen MR) is 88.9 cm³/mol. The first-order valence-corrected chi connectivity index (χ1v) is 7.67. The van der Waals surface area contributed by atoms with E-state index < -0.39 is 0 Å². The van der Waals surface area contributed by atoms with Crippen LogP contribution < -0.4 is 16.6 Å². The summed E-state index contributed by atoms with van der Waals surface area (Å²) in [4.78, 5) is 9.95. The van der Waals surface area contributed by atoms with E-state index in [0.717, 1.165) is 22.4 Å². The molecule has 0 atom stereocenters. The average molecular weight is 297 g/mol. The van der Waals surface area contributed by atoms with E-state index in [4.69, 9.17) is 5.84 Å². The van der Waals surface area contributed by atoms with Gasteiger partial charge in [-0.25, -0.2) is 10.8 Å². The van der Waals surface area contributed by atoms with Crippen LogP contribution in [0, 0.1) is 0 Å². The van der Waals surface area contributed by atoms with Crippen molar-refractivity contribution in [1.29, 1.82) is 0 Å². The molecule has 0 saturated heterocycles. The monoisotopic (exact) mass is 297 g/mol. The number of nitrogens with zero attached hydrogens (tertiary/aromatic N) is 2. The van der Waals surface area contributed by atoms with Crippen molar-refractivity contribution in [2.45, 2.75) is 4.90 Å². The maximum Gasteiger partial charge on any atom is 0.239 e. The highest BCUT2D eigenvalue weighted by atomic mass is 32.2. The Labute approximate surface area is 127 Å². The maximum absolute atomic E-state index is 5.44. The van der Waals surface area contributed by atoms with Gasteiger partial charge in [0.1, 0.15) is 5.82 Å². The van der Waals surface area contributed by atoms with Crippen LogP contribution in [0.4, 0.5) is 17.5 Å². The van der Waals surface area contributed by atoms with E-state index in [1.54, 1.807) is 11.8 Å². The van der Waals surface area contributed by atoms with Crippen LogP contribution in [0.5, 0.6) is 0 Å². The zero-order valence-corrected chi connectivity index (χ0v) is 12.3. The second-order valence-corrected chi connectivity index (χ2v) is 5.29. The van der Waals surface area contributed by atoms with Crippen molar-refractivity contribution in [2.24, 2.45) is 5.84 Å². The van der Waals surface area contributed by atoms with Crippen LogP contribution in [0.1, 0.15) is 0 Å². The Morgan fingerprint density at radius 3 is 2.48 bits per heavy atom. The molecule has 4 N–H and O–H groups in total. The number of nitrogens with two attached hydrogens (primary N) is 1. The van der Waals surface area contributed by atoms with E-state index >= 15 is 0 Å². The second-order valence-electron chi connectivity index (χ2n) is 4.41. The van der Waals surface area contributed by atoms with Crippen molar-refractivity contribution in [1.82, 2.24) is 9.97 Å². The van der Waals surface area contributed by atoms with Crippen molar-refractivity contribution in [2.75, 3.05) is 17.0 Å². The Morgan fingerprint density at radius 2 is 1.76 bits per heavy atom. The van der Waals surface area contributed by atoms with Crippen LogP contribution in [-0.4, -0.2) is 16.2 Å². The summed E-state index contributed by atoms with van der Waals surface area (Å²) >= 11 is 1.71. The van der Waals surface area contributed by atoms with E-state index in [9.17, 15) is 0 Å². The molecule has 0 unspecified atom stereocenters. The number of anilines is 3. The molecule has 0 aliphatic heterocycles. The number of hydrogen-bond donors (Lipinski definition) is 3. The molecule has 2 aromatic carbocycles. The van der Waals surface area contributed by atoms with Gasteiger partial charge in [-0.05, 0) is 42.7 Å². The first-order valence-electron chi connectivity index (χ1n) is 6.44.